The van der Waals surface area contributed by atoms with Gasteiger partial charge in [-0.15, -0.1) is 0 Å². The van der Waals surface area contributed by atoms with Crippen LogP contribution in [0.3, 0.4) is 0 Å². The number of nitrogens with zero attached hydrogens (tertiary/aromatic N) is 2. The molecule has 0 atom stereocenters. The largest absolute Gasteiger partial charge is 0.462 e. The first-order valence-corrected chi connectivity index (χ1v) is 10.2. The van der Waals surface area contributed by atoms with E-state index in [1.165, 1.54) is 30.3 Å². The summed E-state index contributed by atoms with van der Waals surface area (Å²) < 4.78 is 32.3. The molecule has 0 aliphatic carbocycles. The average molecular weight is 427 g/mol. The van der Waals surface area contributed by atoms with Gasteiger partial charge in [-0.1, -0.05) is 17.7 Å². The third kappa shape index (κ3) is 4.26. The Labute approximate surface area is 167 Å². The van der Waals surface area contributed by atoms with Crippen molar-refractivity contribution in [2.45, 2.75) is 25.7 Å². The maximum atomic E-state index is 13.2. The van der Waals surface area contributed by atoms with Gasteiger partial charge < -0.3 is 4.74 Å². The Hall–Kier alpha value is -2.65. The number of sulfonamides is 1. The molecule has 8 nitrogen and oxygen atoms in total. The van der Waals surface area contributed by atoms with Gasteiger partial charge in [-0.2, -0.15) is 0 Å². The number of benzene rings is 2. The highest BCUT2D eigenvalue weighted by Crippen LogP contribution is 2.31. The molecule has 0 radical (unpaired) electrons. The van der Waals surface area contributed by atoms with E-state index in [-0.39, 0.29) is 40.0 Å². The number of hydrogen-bond acceptors (Lipinski definition) is 6. The third-order valence-corrected chi connectivity index (χ3v) is 6.33. The Kier molecular flexibility index (Phi) is 6.63. The van der Waals surface area contributed by atoms with Crippen molar-refractivity contribution in [1.29, 1.82) is 0 Å². The average Bonchev–Trinajstić information content (AvgIpc) is 2.62. The van der Waals surface area contributed by atoms with E-state index in [4.69, 9.17) is 16.3 Å². The Morgan fingerprint density at radius 1 is 1.21 bits per heavy atom. The van der Waals surface area contributed by atoms with E-state index in [0.29, 0.717) is 5.56 Å². The van der Waals surface area contributed by atoms with Crippen LogP contribution in [0.4, 0.5) is 11.4 Å². The summed E-state index contributed by atoms with van der Waals surface area (Å²) in [7, 11) is -4.10. The SMILES string of the molecule is CCOC(=O)c1ccc(N(CC)S(=O)(=O)c2cc([N+](=O)[O-])ccc2C)cc1Cl. The fourth-order valence-electron chi connectivity index (χ4n) is 2.62. The molecule has 0 saturated heterocycles. The van der Waals surface area contributed by atoms with Crippen molar-refractivity contribution in [1.82, 2.24) is 0 Å². The van der Waals surface area contributed by atoms with Gasteiger partial charge in [0, 0.05) is 18.7 Å². The molecule has 28 heavy (non-hydrogen) atoms. The van der Waals surface area contributed by atoms with Crippen molar-refractivity contribution in [3.05, 3.63) is 62.7 Å². The summed E-state index contributed by atoms with van der Waals surface area (Å²) in [6, 6.07) is 7.83. The van der Waals surface area contributed by atoms with Crippen molar-refractivity contribution < 1.29 is 22.9 Å². The maximum Gasteiger partial charge on any atom is 0.339 e. The summed E-state index contributed by atoms with van der Waals surface area (Å²) in [6.45, 7) is 5.07. The molecule has 0 aliphatic heterocycles. The topological polar surface area (TPSA) is 107 Å². The first kappa shape index (κ1) is 21.6. The van der Waals surface area contributed by atoms with Crippen LogP contribution in [0.2, 0.25) is 5.02 Å². The molecule has 2 aromatic rings. The Morgan fingerprint density at radius 3 is 2.43 bits per heavy atom. The molecule has 0 aromatic heterocycles. The fourth-order valence-corrected chi connectivity index (χ4v) is 4.59. The normalized spacial score (nSPS) is 11.1. The zero-order valence-electron chi connectivity index (χ0n) is 15.5. The number of nitro groups is 1. The van der Waals surface area contributed by atoms with Gasteiger partial charge in [0.05, 0.1) is 32.7 Å². The predicted octanol–water partition coefficient (Wildman–Crippen LogP) is 3.95. The van der Waals surface area contributed by atoms with E-state index in [1.54, 1.807) is 20.8 Å². The van der Waals surface area contributed by atoms with Crippen LogP contribution in [0.1, 0.15) is 29.8 Å². The van der Waals surface area contributed by atoms with Crippen molar-refractivity contribution in [3.8, 4) is 0 Å². The highest BCUT2D eigenvalue weighted by atomic mass is 35.5. The number of rotatable bonds is 7. The summed E-state index contributed by atoms with van der Waals surface area (Å²) in [6.07, 6.45) is 0. The lowest BCUT2D eigenvalue weighted by atomic mass is 10.2. The first-order chi connectivity index (χ1) is 13.1. The number of nitro benzene ring substituents is 1. The van der Waals surface area contributed by atoms with Gasteiger partial charge in [0.15, 0.2) is 0 Å². The molecular weight excluding hydrogens is 408 g/mol. The molecule has 0 saturated carbocycles. The number of hydrogen-bond donors (Lipinski definition) is 0. The van der Waals surface area contributed by atoms with Crippen LogP contribution in [-0.4, -0.2) is 32.5 Å². The fraction of sp³-hybridized carbons (Fsp3) is 0.278. The molecule has 0 N–H and O–H groups in total. The maximum absolute atomic E-state index is 13.2. The summed E-state index contributed by atoms with van der Waals surface area (Å²) >= 11 is 6.14. The molecule has 0 aliphatic rings. The molecule has 0 bridgehead atoms. The van der Waals surface area contributed by atoms with Gasteiger partial charge in [0.1, 0.15) is 0 Å². The van der Waals surface area contributed by atoms with E-state index >= 15 is 0 Å². The lowest BCUT2D eigenvalue weighted by Crippen LogP contribution is -2.31. The lowest BCUT2D eigenvalue weighted by molar-refractivity contribution is -0.385. The number of carbonyl (C=O) groups is 1. The zero-order valence-corrected chi connectivity index (χ0v) is 17.1. The Morgan fingerprint density at radius 2 is 1.89 bits per heavy atom. The Balaban J connectivity index is 2.53. The van der Waals surface area contributed by atoms with Crippen molar-refractivity contribution in [2.24, 2.45) is 0 Å². The summed E-state index contributed by atoms with van der Waals surface area (Å²) in [4.78, 5) is 22.1. The number of aryl methyl sites for hydroxylation is 1. The van der Waals surface area contributed by atoms with Crippen LogP contribution >= 0.6 is 11.6 Å². The molecule has 2 rings (SSSR count). The lowest BCUT2D eigenvalue weighted by Gasteiger charge is -2.24. The molecule has 10 heteroatoms. The van der Waals surface area contributed by atoms with Crippen LogP contribution in [0, 0.1) is 17.0 Å². The zero-order chi connectivity index (χ0) is 21.1. The molecule has 2 aromatic carbocycles. The molecule has 0 amide bonds. The van der Waals surface area contributed by atoms with E-state index < -0.39 is 20.9 Å². The second-order valence-corrected chi connectivity index (χ2v) is 8.00. The summed E-state index contributed by atoms with van der Waals surface area (Å²) in [5, 5.41) is 11.1. The molecule has 0 heterocycles. The van der Waals surface area contributed by atoms with Crippen LogP contribution in [0.15, 0.2) is 41.3 Å². The van der Waals surface area contributed by atoms with Gasteiger partial charge in [-0.3, -0.25) is 14.4 Å². The number of non-ortho nitro benzene ring substituents is 1. The third-order valence-electron chi connectivity index (χ3n) is 3.97. The smallest absolute Gasteiger partial charge is 0.339 e. The number of anilines is 1. The van der Waals surface area contributed by atoms with Crippen LogP contribution in [-0.2, 0) is 14.8 Å². The van der Waals surface area contributed by atoms with Crippen LogP contribution < -0.4 is 4.31 Å². The number of carbonyl (C=O) groups excluding carboxylic acids is 1. The molecule has 0 unspecified atom stereocenters. The van der Waals surface area contributed by atoms with E-state index in [1.807, 2.05) is 0 Å². The standard InChI is InChI=1S/C18H19ClN2O6S/c1-4-20(13-8-9-15(16(19)10-13)18(22)27-5-2)28(25,26)17-11-14(21(23)24)7-6-12(17)3/h6-11H,4-5H2,1-3H3. The van der Waals surface area contributed by atoms with E-state index in [0.717, 1.165) is 10.4 Å². The van der Waals surface area contributed by atoms with Gasteiger partial charge in [-0.25, -0.2) is 13.2 Å². The minimum absolute atomic E-state index is 0.0420. The van der Waals surface area contributed by atoms with Gasteiger partial charge in [0.2, 0.25) is 0 Å². The molecule has 0 spiro atoms. The van der Waals surface area contributed by atoms with Crippen LogP contribution in [0.25, 0.3) is 0 Å². The van der Waals surface area contributed by atoms with Gasteiger partial charge in [-0.05, 0) is 44.5 Å². The summed E-state index contributed by atoms with van der Waals surface area (Å²) in [5.74, 6) is -0.612. The molecule has 0 fully saturated rings. The number of ether oxygens (including phenoxy) is 1. The summed E-state index contributed by atoms with van der Waals surface area (Å²) in [5.41, 5.74) is 0.396. The van der Waals surface area contributed by atoms with Crippen molar-refractivity contribution in [2.75, 3.05) is 17.5 Å². The van der Waals surface area contributed by atoms with E-state index in [9.17, 15) is 23.3 Å². The Bertz CT molecular complexity index is 1020. The second kappa shape index (κ2) is 8.57. The highest BCUT2D eigenvalue weighted by Gasteiger charge is 2.28. The van der Waals surface area contributed by atoms with Crippen molar-refractivity contribution >= 4 is 39.0 Å². The minimum atomic E-state index is -4.10. The van der Waals surface area contributed by atoms with Gasteiger partial charge >= 0.3 is 5.97 Å². The number of esters is 1. The minimum Gasteiger partial charge on any atom is -0.462 e. The molecule has 150 valence electrons. The quantitative estimate of drug-likeness (QED) is 0.377. The molecular formula is C18H19ClN2O6S. The van der Waals surface area contributed by atoms with Crippen LogP contribution in [0.5, 0.6) is 0 Å². The van der Waals surface area contributed by atoms with Gasteiger partial charge in [0.25, 0.3) is 15.7 Å². The first-order valence-electron chi connectivity index (χ1n) is 8.37. The highest BCUT2D eigenvalue weighted by molar-refractivity contribution is 7.92. The monoisotopic (exact) mass is 426 g/mol. The predicted molar refractivity (Wildman–Crippen MR) is 105 cm³/mol. The number of halogens is 1. The van der Waals surface area contributed by atoms with E-state index in [2.05, 4.69) is 0 Å². The van der Waals surface area contributed by atoms with Crippen molar-refractivity contribution in [3.63, 3.8) is 0 Å². The second-order valence-electron chi connectivity index (χ2n) is 5.76.